The van der Waals surface area contributed by atoms with Gasteiger partial charge in [-0.1, -0.05) is 15.9 Å². The molecule has 0 spiro atoms. The number of hydrogen-bond acceptors (Lipinski definition) is 5. The van der Waals surface area contributed by atoms with Crippen LogP contribution in [0.1, 0.15) is 11.8 Å². The van der Waals surface area contributed by atoms with Crippen molar-refractivity contribution < 1.29 is 18.2 Å². The number of esters is 1. The zero-order valence-electron chi connectivity index (χ0n) is 11.3. The molecule has 0 bridgehead atoms. The predicted molar refractivity (Wildman–Crippen MR) is 83.5 cm³/mol. The summed E-state index contributed by atoms with van der Waals surface area (Å²) in [5.41, 5.74) is 0.765. The molecule has 2 heterocycles. The Bertz CT molecular complexity index is 714. The van der Waals surface area contributed by atoms with E-state index < -0.39 is 22.8 Å². The zero-order chi connectivity index (χ0) is 15.0. The van der Waals surface area contributed by atoms with E-state index >= 15 is 0 Å². The molecule has 1 fully saturated rings. The average Bonchev–Trinajstić information content (AvgIpc) is 2.88. The number of furan rings is 1. The third-order valence-electron chi connectivity index (χ3n) is 3.43. The zero-order valence-corrected chi connectivity index (χ0v) is 13.7. The number of methoxy groups -OCH3 is 1. The minimum Gasteiger partial charge on any atom is -0.468 e. The summed E-state index contributed by atoms with van der Waals surface area (Å²) in [6.07, 6.45) is 0. The number of halogens is 1. The van der Waals surface area contributed by atoms with E-state index in [4.69, 9.17) is 9.15 Å². The molecular weight excluding hydrogens is 358 g/mol. The van der Waals surface area contributed by atoms with E-state index in [1.165, 1.54) is 7.11 Å². The lowest BCUT2D eigenvalue weighted by Crippen LogP contribution is -2.49. The number of rotatable bonds is 2. The summed E-state index contributed by atoms with van der Waals surface area (Å²) in [6, 6.07) is 6.83. The van der Waals surface area contributed by atoms with Crippen LogP contribution >= 0.6 is 15.9 Å². The lowest BCUT2D eigenvalue weighted by atomic mass is 10.2. The van der Waals surface area contributed by atoms with E-state index in [0.717, 1.165) is 15.4 Å². The number of fused-ring (bicyclic) bond motifs is 1. The van der Waals surface area contributed by atoms with Gasteiger partial charge >= 0.3 is 5.97 Å². The van der Waals surface area contributed by atoms with Crippen molar-refractivity contribution in [2.24, 2.45) is 0 Å². The van der Waals surface area contributed by atoms with Crippen LogP contribution in [0.25, 0.3) is 11.0 Å². The summed E-state index contributed by atoms with van der Waals surface area (Å²) in [6.45, 7) is 0. The Morgan fingerprint density at radius 2 is 2.24 bits per heavy atom. The molecule has 5 nitrogen and oxygen atoms in total. The standard InChI is InChI=1S/C14H14BrNO4S/c1-19-14(17)11-7-21(18)6-10(16-11)13-5-8-4-9(15)2-3-12(8)20-13/h2-5,10-11,16H,6-7H2,1H3. The molecule has 3 unspecified atom stereocenters. The minimum absolute atomic E-state index is 0.255. The molecule has 2 aromatic rings. The van der Waals surface area contributed by atoms with Gasteiger partial charge in [-0.2, -0.15) is 0 Å². The van der Waals surface area contributed by atoms with Crippen LogP contribution in [0.2, 0.25) is 0 Å². The van der Waals surface area contributed by atoms with Crippen LogP contribution in [0, 0.1) is 0 Å². The Labute approximate surface area is 132 Å². The summed E-state index contributed by atoms with van der Waals surface area (Å²) in [5.74, 6) is 0.987. The second-order valence-corrected chi connectivity index (χ2v) is 7.36. The van der Waals surface area contributed by atoms with E-state index in [2.05, 4.69) is 21.2 Å². The van der Waals surface area contributed by atoms with E-state index in [1.807, 2.05) is 24.3 Å². The van der Waals surface area contributed by atoms with E-state index in [0.29, 0.717) is 11.5 Å². The van der Waals surface area contributed by atoms with Gasteiger partial charge in [0.15, 0.2) is 0 Å². The normalized spacial score (nSPS) is 25.9. The lowest BCUT2D eigenvalue weighted by Gasteiger charge is -2.27. The maximum absolute atomic E-state index is 12.0. The Kier molecular flexibility index (Phi) is 4.14. The smallest absolute Gasteiger partial charge is 0.323 e. The molecule has 1 aliphatic heterocycles. The highest BCUT2D eigenvalue weighted by molar-refractivity contribution is 9.10. The fraction of sp³-hybridized carbons (Fsp3) is 0.357. The van der Waals surface area contributed by atoms with Crippen molar-refractivity contribution in [3.8, 4) is 0 Å². The Morgan fingerprint density at radius 3 is 3.00 bits per heavy atom. The number of nitrogens with one attached hydrogen (secondary N) is 1. The number of carbonyl (C=O) groups is 1. The Hall–Kier alpha value is -1.18. The number of ether oxygens (including phenoxy) is 1. The first kappa shape index (κ1) is 14.7. The largest absolute Gasteiger partial charge is 0.468 e. The molecule has 1 saturated heterocycles. The van der Waals surface area contributed by atoms with Crippen LogP contribution in [0.5, 0.6) is 0 Å². The quantitative estimate of drug-likeness (QED) is 0.818. The summed E-state index contributed by atoms with van der Waals surface area (Å²) in [7, 11) is 0.247. The van der Waals surface area contributed by atoms with Gasteiger partial charge in [0.1, 0.15) is 17.4 Å². The molecule has 1 N–H and O–H groups in total. The highest BCUT2D eigenvalue weighted by Crippen LogP contribution is 2.28. The van der Waals surface area contributed by atoms with Crippen LogP contribution in [-0.2, 0) is 20.3 Å². The molecule has 1 aliphatic rings. The number of benzene rings is 1. The van der Waals surface area contributed by atoms with Gasteiger partial charge in [0.2, 0.25) is 0 Å². The van der Waals surface area contributed by atoms with Gasteiger partial charge in [-0.15, -0.1) is 0 Å². The van der Waals surface area contributed by atoms with E-state index in [-0.39, 0.29) is 11.8 Å². The summed E-state index contributed by atoms with van der Waals surface area (Å²) in [5, 5.41) is 4.12. The first-order valence-electron chi connectivity index (χ1n) is 6.44. The van der Waals surface area contributed by atoms with Crippen molar-refractivity contribution in [3.63, 3.8) is 0 Å². The van der Waals surface area contributed by atoms with Gasteiger partial charge in [0.25, 0.3) is 0 Å². The molecule has 112 valence electrons. The van der Waals surface area contributed by atoms with Crippen LogP contribution in [0.3, 0.4) is 0 Å². The SMILES string of the molecule is COC(=O)C1CS(=O)CC(c2cc3cc(Br)ccc3o2)N1. The van der Waals surface area contributed by atoms with Crippen LogP contribution in [-0.4, -0.2) is 34.8 Å². The third-order valence-corrected chi connectivity index (χ3v) is 5.34. The van der Waals surface area contributed by atoms with Crippen molar-refractivity contribution in [2.45, 2.75) is 12.1 Å². The Morgan fingerprint density at radius 1 is 1.43 bits per heavy atom. The second-order valence-electron chi connectivity index (χ2n) is 4.90. The Balaban J connectivity index is 1.90. The third kappa shape index (κ3) is 3.04. The fourth-order valence-corrected chi connectivity index (χ4v) is 4.18. The molecule has 0 amide bonds. The van der Waals surface area contributed by atoms with Gasteiger partial charge in [-0.05, 0) is 24.3 Å². The van der Waals surface area contributed by atoms with E-state index in [1.54, 1.807) is 0 Å². The van der Waals surface area contributed by atoms with Gasteiger partial charge in [0.05, 0.1) is 13.2 Å². The summed E-state index contributed by atoms with van der Waals surface area (Å²) < 4.78 is 23.5. The molecule has 1 aromatic heterocycles. The van der Waals surface area contributed by atoms with Gasteiger partial charge in [0, 0.05) is 32.2 Å². The molecule has 0 saturated carbocycles. The highest BCUT2D eigenvalue weighted by atomic mass is 79.9. The molecule has 0 radical (unpaired) electrons. The monoisotopic (exact) mass is 371 g/mol. The fourth-order valence-electron chi connectivity index (χ4n) is 2.43. The van der Waals surface area contributed by atoms with E-state index in [9.17, 15) is 9.00 Å². The first-order chi connectivity index (χ1) is 10.1. The van der Waals surface area contributed by atoms with Crippen molar-refractivity contribution in [1.82, 2.24) is 5.32 Å². The maximum atomic E-state index is 12.0. The van der Waals surface area contributed by atoms with Crippen molar-refractivity contribution in [1.29, 1.82) is 0 Å². The van der Waals surface area contributed by atoms with Crippen LogP contribution in [0.15, 0.2) is 33.2 Å². The molecule has 1 aromatic carbocycles. The lowest BCUT2D eigenvalue weighted by molar-refractivity contribution is -0.142. The molecule has 3 rings (SSSR count). The minimum atomic E-state index is -1.08. The van der Waals surface area contributed by atoms with Crippen molar-refractivity contribution in [3.05, 3.63) is 34.5 Å². The number of hydrogen-bond donors (Lipinski definition) is 1. The second kappa shape index (κ2) is 5.90. The van der Waals surface area contributed by atoms with Gasteiger partial charge < -0.3 is 9.15 Å². The first-order valence-corrected chi connectivity index (χ1v) is 8.73. The summed E-state index contributed by atoms with van der Waals surface area (Å²) >= 11 is 3.42. The number of carbonyl (C=O) groups excluding carboxylic acids is 1. The van der Waals surface area contributed by atoms with Crippen molar-refractivity contribution >= 4 is 43.7 Å². The topological polar surface area (TPSA) is 68.5 Å². The summed E-state index contributed by atoms with van der Waals surface area (Å²) in [4.78, 5) is 11.7. The highest BCUT2D eigenvalue weighted by Gasteiger charge is 2.33. The molecular formula is C14H14BrNO4S. The molecule has 0 aliphatic carbocycles. The molecule has 21 heavy (non-hydrogen) atoms. The van der Waals surface area contributed by atoms with Gasteiger partial charge in [-0.25, -0.2) is 0 Å². The average molecular weight is 372 g/mol. The maximum Gasteiger partial charge on any atom is 0.323 e. The predicted octanol–water partition coefficient (Wildman–Crippen LogP) is 2.13. The van der Waals surface area contributed by atoms with Crippen molar-refractivity contribution in [2.75, 3.05) is 18.6 Å². The van der Waals surface area contributed by atoms with Crippen LogP contribution in [0.4, 0.5) is 0 Å². The van der Waals surface area contributed by atoms with Gasteiger partial charge in [-0.3, -0.25) is 14.3 Å². The van der Waals surface area contributed by atoms with Crippen LogP contribution < -0.4 is 5.32 Å². The molecule has 7 heteroatoms. The molecule has 3 atom stereocenters.